The van der Waals surface area contributed by atoms with E-state index in [1.54, 1.807) is 12.3 Å². The van der Waals surface area contributed by atoms with Crippen LogP contribution in [0.3, 0.4) is 0 Å². The summed E-state index contributed by atoms with van der Waals surface area (Å²) in [6, 6.07) is 7.44. The summed E-state index contributed by atoms with van der Waals surface area (Å²) in [5, 5.41) is 19.9. The minimum Gasteiger partial charge on any atom is -0.316 e. The molecule has 26 heavy (non-hydrogen) atoms. The van der Waals surface area contributed by atoms with Gasteiger partial charge in [0.25, 0.3) is 6.04 Å². The normalized spacial score (nSPS) is 24.9. The number of nitriles is 1. The fraction of sp³-hybridized carbons (Fsp3) is 0.368. The molecule has 1 saturated heterocycles. The molecule has 0 radical (unpaired) electrons. The molecule has 1 fully saturated rings. The number of halogens is 1. The van der Waals surface area contributed by atoms with Gasteiger partial charge in [-0.15, -0.1) is 0 Å². The molecule has 3 atom stereocenters. The van der Waals surface area contributed by atoms with Crippen molar-refractivity contribution in [1.29, 1.82) is 5.26 Å². The number of aliphatic imine (C=N–C) groups is 1. The lowest BCUT2D eigenvalue weighted by molar-refractivity contribution is 0.450. The van der Waals surface area contributed by atoms with Gasteiger partial charge in [-0.05, 0) is 46.9 Å². The molecule has 2 aromatic rings. The van der Waals surface area contributed by atoms with Gasteiger partial charge in [-0.2, -0.15) is 10.4 Å². The van der Waals surface area contributed by atoms with E-state index in [-0.39, 0.29) is 11.8 Å². The van der Waals surface area contributed by atoms with Crippen LogP contribution < -0.4 is 5.32 Å². The summed E-state index contributed by atoms with van der Waals surface area (Å²) in [7, 11) is 0. The van der Waals surface area contributed by atoms with Crippen molar-refractivity contribution >= 4 is 27.5 Å². The van der Waals surface area contributed by atoms with Crippen molar-refractivity contribution in [3.05, 3.63) is 57.0 Å². The highest BCUT2D eigenvalue weighted by atomic mass is 79.9. The topological polar surface area (TPSA) is 81.2 Å². The Morgan fingerprint density at radius 1 is 1.35 bits per heavy atom. The number of fused-ring (bicyclic) bond motifs is 1. The summed E-state index contributed by atoms with van der Waals surface area (Å²) in [5.74, 6) is 0.780. The van der Waals surface area contributed by atoms with Crippen LogP contribution in [0, 0.1) is 23.8 Å². The van der Waals surface area contributed by atoms with Crippen molar-refractivity contribution < 1.29 is 0 Å². The third kappa shape index (κ3) is 2.74. The Morgan fingerprint density at radius 3 is 2.96 bits per heavy atom. The summed E-state index contributed by atoms with van der Waals surface area (Å²) in [5.41, 5.74) is 3.33. The van der Waals surface area contributed by atoms with E-state index in [1.807, 2.05) is 12.1 Å². The molecular formula is C19H17BrN6. The van der Waals surface area contributed by atoms with Crippen molar-refractivity contribution in [2.75, 3.05) is 13.1 Å². The third-order valence-corrected chi connectivity index (χ3v) is 6.07. The molecule has 2 N–H and O–H groups in total. The number of hydrogen-bond donors (Lipinski definition) is 2. The van der Waals surface area contributed by atoms with Crippen LogP contribution in [0.25, 0.3) is 4.85 Å². The molecule has 0 spiro atoms. The first-order chi connectivity index (χ1) is 12.7. The maximum Gasteiger partial charge on any atom is 0.272 e. The Balaban J connectivity index is 1.86. The van der Waals surface area contributed by atoms with E-state index in [4.69, 9.17) is 11.6 Å². The van der Waals surface area contributed by atoms with Crippen LogP contribution in [-0.4, -0.2) is 35.0 Å². The summed E-state index contributed by atoms with van der Waals surface area (Å²) in [4.78, 5) is 8.78. The maximum atomic E-state index is 9.38. The number of nitrogens with one attached hydrogen (secondary N) is 2. The van der Waals surface area contributed by atoms with Gasteiger partial charge in [-0.1, -0.05) is 12.1 Å². The van der Waals surface area contributed by atoms with Gasteiger partial charge in [0, 0.05) is 22.5 Å². The van der Waals surface area contributed by atoms with Crippen molar-refractivity contribution in [1.82, 2.24) is 15.5 Å². The Labute approximate surface area is 160 Å². The van der Waals surface area contributed by atoms with Gasteiger partial charge in [0.05, 0.1) is 17.7 Å². The third-order valence-electron chi connectivity index (χ3n) is 5.18. The van der Waals surface area contributed by atoms with Crippen LogP contribution in [0.1, 0.15) is 35.4 Å². The average Bonchev–Trinajstić information content (AvgIpc) is 3.16. The highest BCUT2D eigenvalue weighted by molar-refractivity contribution is 9.10. The van der Waals surface area contributed by atoms with E-state index in [0.29, 0.717) is 5.56 Å². The molecule has 0 amide bonds. The number of rotatable bonds is 2. The quantitative estimate of drug-likeness (QED) is 0.745. The lowest BCUT2D eigenvalue weighted by Gasteiger charge is -2.30. The van der Waals surface area contributed by atoms with Crippen LogP contribution in [0.4, 0.5) is 5.82 Å². The first-order valence-electron chi connectivity index (χ1n) is 8.62. The number of H-pyrrole nitrogens is 1. The minimum atomic E-state index is -0.393. The van der Waals surface area contributed by atoms with Crippen LogP contribution in [0.15, 0.2) is 33.9 Å². The fourth-order valence-electron chi connectivity index (χ4n) is 3.93. The van der Waals surface area contributed by atoms with E-state index in [1.165, 1.54) is 0 Å². The van der Waals surface area contributed by atoms with Crippen LogP contribution in [0.2, 0.25) is 0 Å². The molecule has 1 aromatic heterocycles. The molecule has 0 bridgehead atoms. The summed E-state index contributed by atoms with van der Waals surface area (Å²) < 4.78 is 0.747. The molecule has 2 aliphatic rings. The number of piperidine rings is 1. The van der Waals surface area contributed by atoms with Crippen molar-refractivity contribution in [2.24, 2.45) is 10.9 Å². The molecule has 4 rings (SSSR count). The smallest absolute Gasteiger partial charge is 0.272 e. The lowest BCUT2D eigenvalue weighted by atomic mass is 9.77. The van der Waals surface area contributed by atoms with E-state index in [0.717, 1.165) is 53.1 Å². The van der Waals surface area contributed by atoms with Crippen molar-refractivity contribution in [2.45, 2.75) is 24.8 Å². The van der Waals surface area contributed by atoms with Gasteiger partial charge in [0.15, 0.2) is 5.82 Å². The molecule has 0 aliphatic carbocycles. The standard InChI is InChI=1S/C19H17BrN6/c1-22-18-15(13-6-2-4-11(8-21)16(13)20)14-10-24-26-19(14)25-17(18)12-5-3-7-23-9-12/h2,4,6,10,12,15,18,23H,3,5,7,9H2,(H,24,26). The van der Waals surface area contributed by atoms with Gasteiger partial charge < -0.3 is 10.2 Å². The van der Waals surface area contributed by atoms with Crippen molar-refractivity contribution in [3.8, 4) is 6.07 Å². The summed E-state index contributed by atoms with van der Waals surface area (Å²) in [6.07, 6.45) is 3.87. The number of nitrogens with zero attached hydrogens (tertiary/aromatic N) is 4. The van der Waals surface area contributed by atoms with Crippen molar-refractivity contribution in [3.63, 3.8) is 0 Å². The highest BCUT2D eigenvalue weighted by Gasteiger charge is 2.44. The molecule has 7 heteroatoms. The number of aromatic amines is 1. The van der Waals surface area contributed by atoms with Gasteiger partial charge >= 0.3 is 0 Å². The summed E-state index contributed by atoms with van der Waals surface area (Å²) in [6.45, 7) is 9.76. The highest BCUT2D eigenvalue weighted by Crippen LogP contribution is 2.44. The number of hydrogen-bond acceptors (Lipinski definition) is 4. The first kappa shape index (κ1) is 17.0. The summed E-state index contributed by atoms with van der Waals surface area (Å²) >= 11 is 3.58. The second-order valence-electron chi connectivity index (χ2n) is 6.63. The molecule has 3 unspecified atom stereocenters. The second-order valence-corrected chi connectivity index (χ2v) is 7.42. The molecule has 130 valence electrons. The van der Waals surface area contributed by atoms with Crippen LogP contribution >= 0.6 is 15.9 Å². The van der Waals surface area contributed by atoms with Crippen LogP contribution in [0.5, 0.6) is 0 Å². The molecular weight excluding hydrogens is 392 g/mol. The SMILES string of the molecule is [C-]#[N+]C1C(C2CCCNC2)=Nc2[nH]ncc2C1c1cccc(C#N)c1Br. The van der Waals surface area contributed by atoms with E-state index in [9.17, 15) is 5.26 Å². The van der Waals surface area contributed by atoms with E-state index >= 15 is 0 Å². The van der Waals surface area contributed by atoms with Gasteiger partial charge in [0.2, 0.25) is 0 Å². The molecule has 1 aromatic carbocycles. The Bertz CT molecular complexity index is 942. The number of benzene rings is 1. The fourth-order valence-corrected chi connectivity index (χ4v) is 4.53. The maximum absolute atomic E-state index is 9.38. The molecule has 0 saturated carbocycles. The second kappa shape index (κ2) is 7.03. The lowest BCUT2D eigenvalue weighted by Crippen LogP contribution is -2.41. The largest absolute Gasteiger partial charge is 0.316 e. The van der Waals surface area contributed by atoms with Gasteiger partial charge in [-0.25, -0.2) is 11.6 Å². The predicted molar refractivity (Wildman–Crippen MR) is 102 cm³/mol. The predicted octanol–water partition coefficient (Wildman–Crippen LogP) is 3.55. The minimum absolute atomic E-state index is 0.196. The van der Waals surface area contributed by atoms with E-state index < -0.39 is 6.04 Å². The van der Waals surface area contributed by atoms with Gasteiger partial charge in [-0.3, -0.25) is 5.10 Å². The Kier molecular flexibility index (Phi) is 4.58. The zero-order valence-corrected chi connectivity index (χ0v) is 15.6. The number of aromatic nitrogens is 2. The Morgan fingerprint density at radius 2 is 2.23 bits per heavy atom. The monoisotopic (exact) mass is 408 g/mol. The first-order valence-corrected chi connectivity index (χ1v) is 9.41. The van der Waals surface area contributed by atoms with Crippen LogP contribution in [-0.2, 0) is 0 Å². The Hall–Kier alpha value is -2.48. The average molecular weight is 409 g/mol. The zero-order chi connectivity index (χ0) is 18.1. The molecule has 6 nitrogen and oxygen atoms in total. The molecule has 3 heterocycles. The zero-order valence-electron chi connectivity index (χ0n) is 14.0. The van der Waals surface area contributed by atoms with Gasteiger partial charge in [0.1, 0.15) is 11.8 Å². The molecule has 2 aliphatic heterocycles. The van der Waals surface area contributed by atoms with E-state index in [2.05, 4.69) is 42.4 Å².